The molecule has 1 heterocycles. The minimum atomic E-state index is -0.151. The Morgan fingerprint density at radius 2 is 2.25 bits per heavy atom. The zero-order valence-electron chi connectivity index (χ0n) is 10.7. The topological polar surface area (TPSA) is 42.2 Å². The third-order valence-corrected chi connectivity index (χ3v) is 4.34. The van der Waals surface area contributed by atoms with Crippen LogP contribution in [-0.4, -0.2) is 5.91 Å². The average molecular weight is 355 g/mol. The monoisotopic (exact) mass is 353 g/mol. The van der Waals surface area contributed by atoms with E-state index in [9.17, 15) is 4.79 Å². The summed E-state index contributed by atoms with van der Waals surface area (Å²) in [5.74, 6) is 0.824. The van der Waals surface area contributed by atoms with Gasteiger partial charge in [-0.25, -0.2) is 0 Å². The SMILES string of the molecule is O=C(NC1CCCc2occc21)c1ccc(Br)cc1Cl. The van der Waals surface area contributed by atoms with Crippen molar-refractivity contribution in [3.63, 3.8) is 0 Å². The standard InChI is InChI=1S/C15H13BrClNO2/c16-9-4-5-10(12(17)8-9)15(19)18-13-2-1-3-14-11(13)6-7-20-14/h4-8,13H,1-3H2,(H,18,19). The fraction of sp³-hybridized carbons (Fsp3) is 0.267. The smallest absolute Gasteiger partial charge is 0.253 e. The average Bonchev–Trinajstić information content (AvgIpc) is 2.87. The number of carbonyl (C=O) groups excluding carboxylic acids is 1. The minimum Gasteiger partial charge on any atom is -0.469 e. The highest BCUT2D eigenvalue weighted by Gasteiger charge is 2.24. The van der Waals surface area contributed by atoms with Crippen LogP contribution in [0.15, 0.2) is 39.4 Å². The minimum absolute atomic E-state index is 0.00436. The van der Waals surface area contributed by atoms with E-state index in [0.29, 0.717) is 10.6 Å². The van der Waals surface area contributed by atoms with Gasteiger partial charge < -0.3 is 9.73 Å². The molecule has 1 N–H and O–H groups in total. The first-order chi connectivity index (χ1) is 9.65. The van der Waals surface area contributed by atoms with Gasteiger partial charge in [0.1, 0.15) is 5.76 Å². The molecule has 3 nitrogen and oxygen atoms in total. The molecule has 20 heavy (non-hydrogen) atoms. The molecule has 0 radical (unpaired) electrons. The molecule has 104 valence electrons. The quantitative estimate of drug-likeness (QED) is 0.862. The maximum Gasteiger partial charge on any atom is 0.253 e. The van der Waals surface area contributed by atoms with Crippen molar-refractivity contribution in [2.24, 2.45) is 0 Å². The van der Waals surface area contributed by atoms with Crippen molar-refractivity contribution in [3.8, 4) is 0 Å². The summed E-state index contributed by atoms with van der Waals surface area (Å²) in [6, 6.07) is 7.19. The maximum atomic E-state index is 12.3. The van der Waals surface area contributed by atoms with Crippen LogP contribution >= 0.6 is 27.5 Å². The molecule has 0 fully saturated rings. The van der Waals surface area contributed by atoms with Gasteiger partial charge in [-0.3, -0.25) is 4.79 Å². The predicted molar refractivity (Wildman–Crippen MR) is 81.0 cm³/mol. The lowest BCUT2D eigenvalue weighted by Crippen LogP contribution is -2.30. The van der Waals surface area contributed by atoms with E-state index in [4.69, 9.17) is 16.0 Å². The molecule has 5 heteroatoms. The summed E-state index contributed by atoms with van der Waals surface area (Å²) in [7, 11) is 0. The Labute approximate surface area is 130 Å². The molecular weight excluding hydrogens is 342 g/mol. The molecule has 2 aromatic rings. The van der Waals surface area contributed by atoms with Crippen LogP contribution in [0.5, 0.6) is 0 Å². The number of nitrogens with one attached hydrogen (secondary N) is 1. The molecule has 1 amide bonds. The number of halogens is 2. The Balaban J connectivity index is 1.81. The summed E-state index contributed by atoms with van der Waals surface area (Å²) in [6.45, 7) is 0. The van der Waals surface area contributed by atoms with E-state index in [0.717, 1.165) is 35.1 Å². The van der Waals surface area contributed by atoms with Crippen LogP contribution in [0.3, 0.4) is 0 Å². The number of rotatable bonds is 2. The van der Waals surface area contributed by atoms with E-state index in [1.54, 1.807) is 18.4 Å². The van der Waals surface area contributed by atoms with Crippen molar-refractivity contribution in [2.75, 3.05) is 0 Å². The lowest BCUT2D eigenvalue weighted by Gasteiger charge is -2.23. The predicted octanol–water partition coefficient (Wildman–Crippen LogP) is 4.50. The second kappa shape index (κ2) is 5.62. The summed E-state index contributed by atoms with van der Waals surface area (Å²) < 4.78 is 6.28. The van der Waals surface area contributed by atoms with E-state index in [1.165, 1.54) is 0 Å². The summed E-state index contributed by atoms with van der Waals surface area (Å²) in [5.41, 5.74) is 1.57. The van der Waals surface area contributed by atoms with Gasteiger partial charge in [-0.2, -0.15) is 0 Å². The van der Waals surface area contributed by atoms with Gasteiger partial charge in [-0.15, -0.1) is 0 Å². The Bertz CT molecular complexity index is 653. The molecule has 0 saturated carbocycles. The zero-order chi connectivity index (χ0) is 14.1. The summed E-state index contributed by atoms with van der Waals surface area (Å²) >= 11 is 9.44. The summed E-state index contributed by atoms with van der Waals surface area (Å²) in [5, 5.41) is 3.48. The van der Waals surface area contributed by atoms with Crippen molar-refractivity contribution < 1.29 is 9.21 Å². The molecule has 1 atom stereocenters. The van der Waals surface area contributed by atoms with Crippen LogP contribution in [0.4, 0.5) is 0 Å². The third kappa shape index (κ3) is 2.63. The molecule has 0 aliphatic heterocycles. The van der Waals surface area contributed by atoms with Crippen molar-refractivity contribution >= 4 is 33.4 Å². The van der Waals surface area contributed by atoms with Gasteiger partial charge >= 0.3 is 0 Å². The fourth-order valence-electron chi connectivity index (χ4n) is 2.55. The van der Waals surface area contributed by atoms with Crippen molar-refractivity contribution in [3.05, 3.63) is 56.9 Å². The van der Waals surface area contributed by atoms with Crippen LogP contribution < -0.4 is 5.32 Å². The van der Waals surface area contributed by atoms with Gasteiger partial charge in [0, 0.05) is 16.5 Å². The van der Waals surface area contributed by atoms with Gasteiger partial charge in [0.15, 0.2) is 0 Å². The van der Waals surface area contributed by atoms with Gasteiger partial charge in [0.2, 0.25) is 0 Å². The first kappa shape index (κ1) is 13.7. The number of furan rings is 1. The van der Waals surface area contributed by atoms with E-state index in [2.05, 4.69) is 21.2 Å². The molecule has 1 aliphatic rings. The third-order valence-electron chi connectivity index (χ3n) is 3.53. The number of hydrogen-bond acceptors (Lipinski definition) is 2. The van der Waals surface area contributed by atoms with E-state index < -0.39 is 0 Å². The van der Waals surface area contributed by atoms with Gasteiger partial charge in [-0.1, -0.05) is 27.5 Å². The van der Waals surface area contributed by atoms with Crippen molar-refractivity contribution in [1.82, 2.24) is 5.32 Å². The lowest BCUT2D eigenvalue weighted by molar-refractivity contribution is 0.0932. The van der Waals surface area contributed by atoms with Crippen LogP contribution in [-0.2, 0) is 6.42 Å². The number of fused-ring (bicyclic) bond motifs is 1. The second-order valence-electron chi connectivity index (χ2n) is 4.84. The van der Waals surface area contributed by atoms with E-state index in [1.807, 2.05) is 12.1 Å². The van der Waals surface area contributed by atoms with Crippen molar-refractivity contribution in [1.29, 1.82) is 0 Å². The molecule has 0 saturated heterocycles. The number of aryl methyl sites for hydroxylation is 1. The molecule has 1 aromatic heterocycles. The maximum absolute atomic E-state index is 12.3. The summed E-state index contributed by atoms with van der Waals surface area (Å²) in [4.78, 5) is 12.3. The molecule has 3 rings (SSSR count). The first-order valence-corrected chi connectivity index (χ1v) is 7.64. The number of hydrogen-bond donors (Lipinski definition) is 1. The van der Waals surface area contributed by atoms with Crippen LogP contribution in [0.1, 0.15) is 40.6 Å². The highest BCUT2D eigenvalue weighted by molar-refractivity contribution is 9.10. The van der Waals surface area contributed by atoms with Crippen LogP contribution in [0.25, 0.3) is 0 Å². The summed E-state index contributed by atoms with van der Waals surface area (Å²) in [6.07, 6.45) is 4.56. The molecule has 1 unspecified atom stereocenters. The zero-order valence-corrected chi connectivity index (χ0v) is 13.0. The van der Waals surface area contributed by atoms with Crippen LogP contribution in [0.2, 0.25) is 5.02 Å². The first-order valence-electron chi connectivity index (χ1n) is 6.47. The normalized spacial score (nSPS) is 17.6. The van der Waals surface area contributed by atoms with Gasteiger partial charge in [0.05, 0.1) is 22.9 Å². The highest BCUT2D eigenvalue weighted by atomic mass is 79.9. The van der Waals surface area contributed by atoms with E-state index >= 15 is 0 Å². The Kier molecular flexibility index (Phi) is 3.85. The molecule has 1 aliphatic carbocycles. The number of benzene rings is 1. The van der Waals surface area contributed by atoms with Crippen LogP contribution in [0, 0.1) is 0 Å². The lowest BCUT2D eigenvalue weighted by atomic mass is 9.93. The van der Waals surface area contributed by atoms with Gasteiger partial charge in [0.25, 0.3) is 5.91 Å². The van der Waals surface area contributed by atoms with Gasteiger partial charge in [-0.05, 0) is 37.1 Å². The molecular formula is C15H13BrClNO2. The molecule has 0 bridgehead atoms. The Hall–Kier alpha value is -1.26. The van der Waals surface area contributed by atoms with E-state index in [-0.39, 0.29) is 11.9 Å². The molecule has 0 spiro atoms. The number of amides is 1. The largest absolute Gasteiger partial charge is 0.469 e. The molecule has 1 aromatic carbocycles. The number of carbonyl (C=O) groups is 1. The second-order valence-corrected chi connectivity index (χ2v) is 6.16. The fourth-order valence-corrected chi connectivity index (χ4v) is 3.31. The Morgan fingerprint density at radius 3 is 3.05 bits per heavy atom. The Morgan fingerprint density at radius 1 is 1.40 bits per heavy atom. The highest BCUT2D eigenvalue weighted by Crippen LogP contribution is 2.31. The van der Waals surface area contributed by atoms with Crippen molar-refractivity contribution in [2.45, 2.75) is 25.3 Å².